The van der Waals surface area contributed by atoms with Crippen LogP contribution in [-0.2, 0) is 6.42 Å². The number of unbranched alkanes of at least 4 members (excludes halogenated alkanes) is 1. The van der Waals surface area contributed by atoms with Crippen LogP contribution in [0.25, 0.3) is 10.9 Å². The molecule has 2 aromatic rings. The molecule has 1 aromatic carbocycles. The normalized spacial score (nSPS) is 11.0. The fourth-order valence-electron chi connectivity index (χ4n) is 1.88. The van der Waals surface area contributed by atoms with Crippen LogP contribution in [0.15, 0.2) is 16.9 Å². The zero-order valence-electron chi connectivity index (χ0n) is 10.0. The highest BCUT2D eigenvalue weighted by Gasteiger charge is 2.07. The second kappa shape index (κ2) is 4.65. The lowest BCUT2D eigenvalue weighted by atomic mass is 10.1. The zero-order valence-corrected chi connectivity index (χ0v) is 10.0. The number of aromatic amines is 1. The van der Waals surface area contributed by atoms with Crippen LogP contribution in [0, 0.1) is 12.7 Å². The van der Waals surface area contributed by atoms with E-state index in [0.717, 1.165) is 19.3 Å². The number of H-pyrrole nitrogens is 1. The summed E-state index contributed by atoms with van der Waals surface area (Å²) >= 11 is 0. The predicted octanol–water partition coefficient (Wildman–Crippen LogP) is 2.71. The molecule has 0 atom stereocenters. The third-order valence-corrected chi connectivity index (χ3v) is 2.78. The van der Waals surface area contributed by atoms with E-state index < -0.39 is 5.82 Å². The molecule has 0 spiro atoms. The number of aryl methyl sites for hydroxylation is 2. The van der Waals surface area contributed by atoms with Gasteiger partial charge in [0.15, 0.2) is 0 Å². The average molecular weight is 234 g/mol. The maximum Gasteiger partial charge on any atom is 0.258 e. The first-order chi connectivity index (χ1) is 8.11. The van der Waals surface area contributed by atoms with Crippen molar-refractivity contribution in [3.8, 4) is 0 Å². The number of aromatic nitrogens is 2. The molecule has 1 aromatic heterocycles. The fraction of sp³-hybridized carbons (Fsp3) is 0.385. The van der Waals surface area contributed by atoms with Crippen LogP contribution in [0.4, 0.5) is 4.39 Å². The van der Waals surface area contributed by atoms with Crippen molar-refractivity contribution in [1.82, 2.24) is 9.97 Å². The zero-order chi connectivity index (χ0) is 12.4. The molecular formula is C13H15FN2O. The molecule has 0 aliphatic carbocycles. The SMILES string of the molecule is CCCCc1nc2c(C)cc(F)cc2c(=O)[nH]1. The van der Waals surface area contributed by atoms with Gasteiger partial charge in [-0.25, -0.2) is 9.37 Å². The molecule has 4 heteroatoms. The van der Waals surface area contributed by atoms with E-state index in [2.05, 4.69) is 16.9 Å². The first-order valence-electron chi connectivity index (χ1n) is 5.81. The van der Waals surface area contributed by atoms with Crippen LogP contribution in [0.3, 0.4) is 0 Å². The molecule has 1 N–H and O–H groups in total. The highest BCUT2D eigenvalue weighted by atomic mass is 19.1. The first kappa shape index (κ1) is 11.8. The summed E-state index contributed by atoms with van der Waals surface area (Å²) in [4.78, 5) is 18.9. The number of fused-ring (bicyclic) bond motifs is 1. The summed E-state index contributed by atoms with van der Waals surface area (Å²) in [5.74, 6) is 0.280. The lowest BCUT2D eigenvalue weighted by molar-refractivity contribution is 0.628. The smallest absolute Gasteiger partial charge is 0.258 e. The molecule has 17 heavy (non-hydrogen) atoms. The van der Waals surface area contributed by atoms with Crippen molar-refractivity contribution in [2.75, 3.05) is 0 Å². The number of halogens is 1. The minimum atomic E-state index is -0.399. The van der Waals surface area contributed by atoms with Gasteiger partial charge in [0.1, 0.15) is 11.6 Å². The molecule has 0 amide bonds. The molecule has 0 saturated heterocycles. The molecule has 90 valence electrons. The molecule has 1 heterocycles. The monoisotopic (exact) mass is 234 g/mol. The third-order valence-electron chi connectivity index (χ3n) is 2.78. The number of benzene rings is 1. The number of rotatable bonds is 3. The number of hydrogen-bond acceptors (Lipinski definition) is 2. The molecule has 0 fully saturated rings. The Morgan fingerprint density at radius 2 is 2.18 bits per heavy atom. The fourth-order valence-corrected chi connectivity index (χ4v) is 1.88. The van der Waals surface area contributed by atoms with Crippen LogP contribution in [-0.4, -0.2) is 9.97 Å². The Labute approximate surface area is 98.7 Å². The van der Waals surface area contributed by atoms with E-state index in [0.29, 0.717) is 22.3 Å². The van der Waals surface area contributed by atoms with Crippen molar-refractivity contribution in [2.45, 2.75) is 33.1 Å². The highest BCUT2D eigenvalue weighted by Crippen LogP contribution is 2.15. The van der Waals surface area contributed by atoms with Crippen molar-refractivity contribution in [3.63, 3.8) is 0 Å². The molecule has 0 aliphatic heterocycles. The highest BCUT2D eigenvalue weighted by molar-refractivity contribution is 5.80. The first-order valence-corrected chi connectivity index (χ1v) is 5.81. The Hall–Kier alpha value is -1.71. The van der Waals surface area contributed by atoms with Gasteiger partial charge in [0.05, 0.1) is 10.9 Å². The second-order valence-electron chi connectivity index (χ2n) is 4.24. The maximum absolute atomic E-state index is 13.2. The third kappa shape index (κ3) is 2.35. The van der Waals surface area contributed by atoms with E-state index in [1.54, 1.807) is 6.92 Å². The topological polar surface area (TPSA) is 45.8 Å². The van der Waals surface area contributed by atoms with Gasteiger partial charge in [0.25, 0.3) is 5.56 Å². The van der Waals surface area contributed by atoms with E-state index in [9.17, 15) is 9.18 Å². The molecule has 3 nitrogen and oxygen atoms in total. The largest absolute Gasteiger partial charge is 0.310 e. The molecule has 0 radical (unpaired) electrons. The lowest BCUT2D eigenvalue weighted by Gasteiger charge is -2.04. The van der Waals surface area contributed by atoms with E-state index >= 15 is 0 Å². The second-order valence-corrected chi connectivity index (χ2v) is 4.24. The van der Waals surface area contributed by atoms with Gasteiger partial charge in [0, 0.05) is 6.42 Å². The standard InChI is InChI=1S/C13H15FN2O/c1-3-4-5-11-15-12-8(2)6-9(14)7-10(12)13(17)16-11/h6-7H,3-5H2,1-2H3,(H,15,16,17). The maximum atomic E-state index is 13.2. The van der Waals surface area contributed by atoms with Crippen LogP contribution >= 0.6 is 0 Å². The molecular weight excluding hydrogens is 219 g/mol. The summed E-state index contributed by atoms with van der Waals surface area (Å²) in [5, 5.41) is 0.322. The number of nitrogens with one attached hydrogen (secondary N) is 1. The van der Waals surface area contributed by atoms with E-state index in [1.165, 1.54) is 12.1 Å². The van der Waals surface area contributed by atoms with Crippen LogP contribution < -0.4 is 5.56 Å². The minimum absolute atomic E-state index is 0.260. The van der Waals surface area contributed by atoms with E-state index in [1.807, 2.05) is 0 Å². The Morgan fingerprint density at radius 1 is 1.41 bits per heavy atom. The van der Waals surface area contributed by atoms with Gasteiger partial charge >= 0.3 is 0 Å². The van der Waals surface area contributed by atoms with E-state index in [-0.39, 0.29) is 5.56 Å². The molecule has 0 bridgehead atoms. The minimum Gasteiger partial charge on any atom is -0.310 e. The van der Waals surface area contributed by atoms with Gasteiger partial charge in [-0.05, 0) is 31.0 Å². The van der Waals surface area contributed by atoms with Gasteiger partial charge < -0.3 is 4.98 Å². The summed E-state index contributed by atoms with van der Waals surface area (Å²) < 4.78 is 13.2. The summed E-state index contributed by atoms with van der Waals surface area (Å²) in [6.07, 6.45) is 2.78. The van der Waals surface area contributed by atoms with Gasteiger partial charge in [-0.2, -0.15) is 0 Å². The molecule has 0 aliphatic rings. The summed E-state index contributed by atoms with van der Waals surface area (Å²) in [6, 6.07) is 2.64. The van der Waals surface area contributed by atoms with Crippen molar-refractivity contribution in [3.05, 3.63) is 39.7 Å². The summed E-state index contributed by atoms with van der Waals surface area (Å²) in [5.41, 5.74) is 1.04. The van der Waals surface area contributed by atoms with E-state index in [4.69, 9.17) is 0 Å². The van der Waals surface area contributed by atoms with Crippen molar-refractivity contribution >= 4 is 10.9 Å². The molecule has 0 unspecified atom stereocenters. The van der Waals surface area contributed by atoms with Gasteiger partial charge in [-0.15, -0.1) is 0 Å². The Bertz CT molecular complexity index is 604. The van der Waals surface area contributed by atoms with Crippen LogP contribution in [0.2, 0.25) is 0 Å². The quantitative estimate of drug-likeness (QED) is 0.887. The summed E-state index contributed by atoms with van der Waals surface area (Å²) in [7, 11) is 0. The van der Waals surface area contributed by atoms with Crippen molar-refractivity contribution in [2.24, 2.45) is 0 Å². The Morgan fingerprint density at radius 3 is 2.88 bits per heavy atom. The number of hydrogen-bond donors (Lipinski definition) is 1. The number of nitrogens with zero attached hydrogens (tertiary/aromatic N) is 1. The lowest BCUT2D eigenvalue weighted by Crippen LogP contribution is -2.12. The van der Waals surface area contributed by atoms with Crippen molar-refractivity contribution in [1.29, 1.82) is 0 Å². The van der Waals surface area contributed by atoms with Gasteiger partial charge in [-0.1, -0.05) is 13.3 Å². The Kier molecular flexibility index (Phi) is 3.22. The average Bonchev–Trinajstić information content (AvgIpc) is 2.28. The van der Waals surface area contributed by atoms with Gasteiger partial charge in [0.2, 0.25) is 0 Å². The van der Waals surface area contributed by atoms with Crippen molar-refractivity contribution < 1.29 is 4.39 Å². The summed E-state index contributed by atoms with van der Waals surface area (Å²) in [6.45, 7) is 3.85. The predicted molar refractivity (Wildman–Crippen MR) is 65.7 cm³/mol. The van der Waals surface area contributed by atoms with Gasteiger partial charge in [-0.3, -0.25) is 4.79 Å². The Balaban J connectivity index is 2.61. The molecule has 2 rings (SSSR count). The van der Waals surface area contributed by atoms with Crippen LogP contribution in [0.5, 0.6) is 0 Å². The molecule has 0 saturated carbocycles. The van der Waals surface area contributed by atoms with Crippen LogP contribution in [0.1, 0.15) is 31.2 Å².